The Morgan fingerprint density at radius 2 is 1.94 bits per heavy atom. The Morgan fingerprint density at radius 3 is 2.53 bits per heavy atom. The van der Waals surface area contributed by atoms with Gasteiger partial charge in [-0.2, -0.15) is 11.8 Å². The Kier molecular flexibility index (Phi) is 13.1. The van der Waals surface area contributed by atoms with Crippen molar-refractivity contribution in [2.75, 3.05) is 45.3 Å². The summed E-state index contributed by atoms with van der Waals surface area (Å²) in [6.07, 6.45) is 4.61. The van der Waals surface area contributed by atoms with Crippen molar-refractivity contribution in [2.45, 2.75) is 63.7 Å². The van der Waals surface area contributed by atoms with Gasteiger partial charge in [0.05, 0.1) is 19.7 Å². The first-order valence-corrected chi connectivity index (χ1v) is 12.8. The SMILES string of the molecule is COC(=O)CNC(=O)CNC[C@](C)(C=O)NC(=O)[C@H](CCSC)NC(=O)[C@@H]1CCCN1C(C)C. The minimum absolute atomic E-state index is 0.0131. The molecule has 1 saturated heterocycles. The zero-order valence-electron chi connectivity index (χ0n) is 20.8. The number of esters is 1. The van der Waals surface area contributed by atoms with Crippen LogP contribution in [0.5, 0.6) is 0 Å². The fraction of sp³-hybridized carbons (Fsp3) is 0.773. The van der Waals surface area contributed by atoms with Gasteiger partial charge >= 0.3 is 5.97 Å². The molecule has 0 radical (unpaired) electrons. The summed E-state index contributed by atoms with van der Waals surface area (Å²) in [4.78, 5) is 62.8. The van der Waals surface area contributed by atoms with Crippen molar-refractivity contribution in [1.82, 2.24) is 26.2 Å². The van der Waals surface area contributed by atoms with E-state index >= 15 is 0 Å². The van der Waals surface area contributed by atoms with Crippen LogP contribution in [0.15, 0.2) is 0 Å². The molecule has 34 heavy (non-hydrogen) atoms. The second-order valence-electron chi connectivity index (χ2n) is 8.81. The molecule has 12 heteroatoms. The van der Waals surface area contributed by atoms with E-state index in [4.69, 9.17) is 0 Å². The van der Waals surface area contributed by atoms with Gasteiger partial charge in [-0.15, -0.1) is 0 Å². The lowest BCUT2D eigenvalue weighted by Gasteiger charge is -2.31. The molecule has 3 amide bonds. The lowest BCUT2D eigenvalue weighted by molar-refractivity contribution is -0.141. The summed E-state index contributed by atoms with van der Waals surface area (Å²) in [6.45, 7) is 6.03. The van der Waals surface area contributed by atoms with Crippen LogP contribution in [0.2, 0.25) is 0 Å². The maximum absolute atomic E-state index is 13.0. The number of nitrogens with zero attached hydrogens (tertiary/aromatic N) is 1. The second kappa shape index (κ2) is 14.9. The Bertz CT molecular complexity index is 722. The number of hydrogen-bond donors (Lipinski definition) is 4. The maximum Gasteiger partial charge on any atom is 0.325 e. The van der Waals surface area contributed by atoms with Crippen LogP contribution in [-0.2, 0) is 28.7 Å². The van der Waals surface area contributed by atoms with Crippen LogP contribution in [0.25, 0.3) is 0 Å². The third-order valence-corrected chi connectivity index (χ3v) is 6.25. The van der Waals surface area contributed by atoms with E-state index in [1.807, 2.05) is 20.1 Å². The maximum atomic E-state index is 13.0. The molecule has 0 saturated carbocycles. The number of nitrogens with one attached hydrogen (secondary N) is 4. The molecule has 1 fully saturated rings. The zero-order valence-corrected chi connectivity index (χ0v) is 21.6. The lowest BCUT2D eigenvalue weighted by Crippen LogP contribution is -2.60. The summed E-state index contributed by atoms with van der Waals surface area (Å²) in [5.41, 5.74) is -1.29. The zero-order chi connectivity index (χ0) is 25.7. The molecule has 4 N–H and O–H groups in total. The molecule has 1 aliphatic rings. The van der Waals surface area contributed by atoms with Crippen LogP contribution in [0, 0.1) is 0 Å². The first-order chi connectivity index (χ1) is 16.1. The Morgan fingerprint density at radius 1 is 1.24 bits per heavy atom. The largest absolute Gasteiger partial charge is 0.468 e. The van der Waals surface area contributed by atoms with Crippen LogP contribution in [0.1, 0.15) is 40.0 Å². The van der Waals surface area contributed by atoms with E-state index in [1.165, 1.54) is 14.0 Å². The molecule has 3 atom stereocenters. The first kappa shape index (κ1) is 29.9. The number of hydrogen-bond acceptors (Lipinski definition) is 9. The van der Waals surface area contributed by atoms with Crippen molar-refractivity contribution in [3.8, 4) is 0 Å². The van der Waals surface area contributed by atoms with Crippen molar-refractivity contribution in [3.05, 3.63) is 0 Å². The van der Waals surface area contributed by atoms with Crippen LogP contribution >= 0.6 is 11.8 Å². The molecule has 0 aromatic rings. The number of rotatable bonds is 15. The average molecular weight is 502 g/mol. The number of aldehydes is 1. The van der Waals surface area contributed by atoms with Gasteiger partial charge in [-0.3, -0.25) is 24.1 Å². The number of carbonyl (C=O) groups excluding carboxylic acids is 5. The number of likely N-dealkylation sites (tertiary alicyclic amines) is 1. The molecule has 11 nitrogen and oxygen atoms in total. The quantitative estimate of drug-likeness (QED) is 0.165. The number of methoxy groups -OCH3 is 1. The van der Waals surface area contributed by atoms with Crippen LogP contribution in [0.3, 0.4) is 0 Å². The van der Waals surface area contributed by atoms with Crippen molar-refractivity contribution >= 4 is 41.7 Å². The highest BCUT2D eigenvalue weighted by Gasteiger charge is 2.35. The minimum Gasteiger partial charge on any atom is -0.468 e. The van der Waals surface area contributed by atoms with E-state index in [1.54, 1.807) is 11.8 Å². The molecule has 0 aromatic carbocycles. The normalized spacial score (nSPS) is 18.6. The van der Waals surface area contributed by atoms with Crippen molar-refractivity contribution in [1.29, 1.82) is 0 Å². The highest BCUT2D eigenvalue weighted by atomic mass is 32.2. The number of amides is 3. The molecule has 0 aliphatic carbocycles. The third-order valence-electron chi connectivity index (χ3n) is 5.61. The number of ether oxygens (including phenoxy) is 1. The molecule has 1 rings (SSSR count). The first-order valence-electron chi connectivity index (χ1n) is 11.4. The topological polar surface area (TPSA) is 146 Å². The van der Waals surface area contributed by atoms with Gasteiger partial charge in [0.1, 0.15) is 24.4 Å². The fourth-order valence-corrected chi connectivity index (χ4v) is 4.16. The van der Waals surface area contributed by atoms with Crippen molar-refractivity contribution < 1.29 is 28.7 Å². The third kappa shape index (κ3) is 9.98. The van der Waals surface area contributed by atoms with Gasteiger partial charge in [0.25, 0.3) is 0 Å². The average Bonchev–Trinajstić information content (AvgIpc) is 3.30. The van der Waals surface area contributed by atoms with Crippen molar-refractivity contribution in [3.63, 3.8) is 0 Å². The molecule has 0 bridgehead atoms. The van der Waals surface area contributed by atoms with E-state index in [0.29, 0.717) is 18.5 Å². The molecular formula is C22H39N5O6S. The van der Waals surface area contributed by atoms with E-state index in [2.05, 4.69) is 30.9 Å². The predicted octanol–water partition coefficient (Wildman–Crippen LogP) is -0.950. The number of thioether (sulfide) groups is 1. The van der Waals surface area contributed by atoms with E-state index in [9.17, 15) is 24.0 Å². The standard InChI is InChI=1S/C22H39N5O6S/c1-15(2)27-9-6-7-17(27)21(32)25-16(8-10-34-5)20(31)26-22(3,14-28)13-23-11-18(29)24-12-19(30)33-4/h14-17,23H,6-13H2,1-5H3,(H,24,29)(H,25,32)(H,26,31)/t16-,17-,22+/m0/s1. The van der Waals surface area contributed by atoms with Gasteiger partial charge in [0.15, 0.2) is 0 Å². The summed E-state index contributed by atoms with van der Waals surface area (Å²) in [5.74, 6) is -1.01. The summed E-state index contributed by atoms with van der Waals surface area (Å²) < 4.78 is 4.45. The van der Waals surface area contributed by atoms with Gasteiger partial charge in [0, 0.05) is 12.6 Å². The van der Waals surface area contributed by atoms with Crippen LogP contribution in [0.4, 0.5) is 0 Å². The van der Waals surface area contributed by atoms with E-state index < -0.39 is 29.4 Å². The molecule has 0 unspecified atom stereocenters. The Labute approximate surface area is 205 Å². The second-order valence-corrected chi connectivity index (χ2v) is 9.80. The van der Waals surface area contributed by atoms with Gasteiger partial charge in [-0.1, -0.05) is 0 Å². The van der Waals surface area contributed by atoms with Gasteiger partial charge in [-0.25, -0.2) is 0 Å². The smallest absolute Gasteiger partial charge is 0.325 e. The molecule has 0 aromatic heterocycles. The molecule has 0 spiro atoms. The molecular weight excluding hydrogens is 462 g/mol. The minimum atomic E-state index is -1.29. The predicted molar refractivity (Wildman–Crippen MR) is 130 cm³/mol. The highest BCUT2D eigenvalue weighted by molar-refractivity contribution is 7.98. The Hall–Kier alpha value is -2.18. The van der Waals surface area contributed by atoms with Gasteiger partial charge in [0.2, 0.25) is 17.7 Å². The summed E-state index contributed by atoms with van der Waals surface area (Å²) in [7, 11) is 1.22. The number of carbonyl (C=O) groups is 5. The van der Waals surface area contributed by atoms with Gasteiger partial charge < -0.3 is 30.8 Å². The summed E-state index contributed by atoms with van der Waals surface area (Å²) >= 11 is 1.56. The summed E-state index contributed by atoms with van der Waals surface area (Å²) in [5, 5.41) is 10.8. The summed E-state index contributed by atoms with van der Waals surface area (Å²) in [6, 6.07) is -0.824. The highest BCUT2D eigenvalue weighted by Crippen LogP contribution is 2.20. The van der Waals surface area contributed by atoms with E-state index in [0.717, 1.165) is 19.4 Å². The Balaban J connectivity index is 2.69. The lowest BCUT2D eigenvalue weighted by atomic mass is 10.0. The van der Waals surface area contributed by atoms with Crippen LogP contribution in [-0.4, -0.2) is 104 Å². The molecule has 1 aliphatic heterocycles. The molecule has 1 heterocycles. The fourth-order valence-electron chi connectivity index (χ4n) is 3.69. The molecule has 194 valence electrons. The van der Waals surface area contributed by atoms with Crippen molar-refractivity contribution in [2.24, 2.45) is 0 Å². The van der Waals surface area contributed by atoms with Gasteiger partial charge in [-0.05, 0) is 58.6 Å². The van der Waals surface area contributed by atoms with E-state index in [-0.39, 0.29) is 37.6 Å². The monoisotopic (exact) mass is 501 g/mol. The van der Waals surface area contributed by atoms with Crippen LogP contribution < -0.4 is 21.3 Å².